The first kappa shape index (κ1) is 25.8. The summed E-state index contributed by atoms with van der Waals surface area (Å²) in [6.45, 7) is 3.31. The van der Waals surface area contributed by atoms with E-state index >= 15 is 0 Å². The Morgan fingerprint density at radius 1 is 1.00 bits per heavy atom. The van der Waals surface area contributed by atoms with Crippen molar-refractivity contribution in [2.75, 3.05) is 6.54 Å². The maximum absolute atomic E-state index is 13.2. The van der Waals surface area contributed by atoms with Crippen molar-refractivity contribution in [1.82, 2.24) is 14.5 Å². The number of Topliss-reactive ketones (excluding diaryl/α,β-unsaturated/α-hetero) is 1. The zero-order valence-corrected chi connectivity index (χ0v) is 21.5. The molecular formula is C31H29N3O5. The minimum Gasteiger partial charge on any atom is -0.508 e. The quantitative estimate of drug-likeness (QED) is 0.182. The van der Waals surface area contributed by atoms with E-state index in [1.807, 2.05) is 35.9 Å². The third-order valence-electron chi connectivity index (χ3n) is 6.72. The highest BCUT2D eigenvalue weighted by atomic mass is 16.5. The Balaban J connectivity index is 1.41. The second-order valence-electron chi connectivity index (χ2n) is 9.54. The van der Waals surface area contributed by atoms with Crippen LogP contribution >= 0.6 is 0 Å². The highest BCUT2D eigenvalue weighted by molar-refractivity contribution is 6.46. The fourth-order valence-corrected chi connectivity index (χ4v) is 4.83. The summed E-state index contributed by atoms with van der Waals surface area (Å²) in [5.41, 5.74) is 3.11. The van der Waals surface area contributed by atoms with Gasteiger partial charge in [-0.2, -0.15) is 0 Å². The molecule has 1 aliphatic heterocycles. The first-order chi connectivity index (χ1) is 18.9. The number of rotatable bonds is 9. The molecule has 1 aromatic heterocycles. The van der Waals surface area contributed by atoms with Crippen molar-refractivity contribution in [1.29, 1.82) is 0 Å². The van der Waals surface area contributed by atoms with E-state index in [2.05, 4.69) is 11.1 Å². The van der Waals surface area contributed by atoms with E-state index in [0.29, 0.717) is 36.4 Å². The van der Waals surface area contributed by atoms with E-state index in [4.69, 9.17) is 4.74 Å². The summed E-state index contributed by atoms with van der Waals surface area (Å²) >= 11 is 0. The minimum absolute atomic E-state index is 0.00612. The second kappa shape index (κ2) is 11.3. The molecule has 3 aromatic carbocycles. The van der Waals surface area contributed by atoms with Crippen LogP contribution in [0.4, 0.5) is 0 Å². The lowest BCUT2D eigenvalue weighted by atomic mass is 9.95. The summed E-state index contributed by atoms with van der Waals surface area (Å²) in [5, 5.41) is 21.4. The lowest BCUT2D eigenvalue weighted by Crippen LogP contribution is -2.31. The van der Waals surface area contributed by atoms with Gasteiger partial charge in [0.05, 0.1) is 17.9 Å². The molecule has 1 saturated heterocycles. The van der Waals surface area contributed by atoms with E-state index in [1.165, 1.54) is 17.0 Å². The average Bonchev–Trinajstić information content (AvgIpc) is 3.54. The molecule has 39 heavy (non-hydrogen) atoms. The largest absolute Gasteiger partial charge is 0.508 e. The summed E-state index contributed by atoms with van der Waals surface area (Å²) in [6, 6.07) is 20.4. The molecule has 0 bridgehead atoms. The number of nitrogens with zero attached hydrogens (tertiary/aromatic N) is 3. The highest BCUT2D eigenvalue weighted by Gasteiger charge is 2.45. The third kappa shape index (κ3) is 5.70. The van der Waals surface area contributed by atoms with Gasteiger partial charge in [0.2, 0.25) is 0 Å². The van der Waals surface area contributed by atoms with Crippen molar-refractivity contribution in [2.24, 2.45) is 0 Å². The number of aromatic hydroxyl groups is 1. The predicted molar refractivity (Wildman–Crippen MR) is 146 cm³/mol. The molecule has 0 radical (unpaired) electrons. The van der Waals surface area contributed by atoms with Crippen molar-refractivity contribution >= 4 is 17.4 Å². The molecule has 198 valence electrons. The van der Waals surface area contributed by atoms with Crippen molar-refractivity contribution in [3.05, 3.63) is 119 Å². The van der Waals surface area contributed by atoms with Crippen molar-refractivity contribution in [3.63, 3.8) is 0 Å². The lowest BCUT2D eigenvalue weighted by Gasteiger charge is -2.25. The van der Waals surface area contributed by atoms with Crippen LogP contribution in [0.25, 0.3) is 5.76 Å². The van der Waals surface area contributed by atoms with E-state index in [0.717, 1.165) is 11.1 Å². The maximum atomic E-state index is 13.2. The van der Waals surface area contributed by atoms with Crippen LogP contribution in [-0.4, -0.2) is 42.9 Å². The van der Waals surface area contributed by atoms with Crippen LogP contribution in [0.15, 0.2) is 97.1 Å². The number of amides is 1. The number of carbonyl (C=O) groups is 2. The molecule has 1 aliphatic rings. The third-order valence-corrected chi connectivity index (χ3v) is 6.72. The van der Waals surface area contributed by atoms with Crippen LogP contribution in [0, 0.1) is 6.92 Å². The number of imidazole rings is 1. The van der Waals surface area contributed by atoms with Gasteiger partial charge in [0.25, 0.3) is 11.7 Å². The number of carbonyl (C=O) groups excluding carboxylic acids is 2. The lowest BCUT2D eigenvalue weighted by molar-refractivity contribution is -0.139. The average molecular weight is 524 g/mol. The first-order valence-electron chi connectivity index (χ1n) is 12.7. The SMILES string of the molecule is Cc1cccc(COc2ccc(/C(O)=C3/C(=O)C(=O)N(CCCn4ccnc4)C3c3cccc(O)c3)cc2)c1. The molecule has 2 N–H and O–H groups in total. The molecule has 0 spiro atoms. The molecule has 0 saturated carbocycles. The summed E-state index contributed by atoms with van der Waals surface area (Å²) < 4.78 is 7.77. The Kier molecular flexibility index (Phi) is 7.45. The molecule has 1 atom stereocenters. The first-order valence-corrected chi connectivity index (χ1v) is 12.7. The van der Waals surface area contributed by atoms with Gasteiger partial charge < -0.3 is 24.4 Å². The molecule has 1 amide bonds. The number of hydrogen-bond acceptors (Lipinski definition) is 6. The van der Waals surface area contributed by atoms with Gasteiger partial charge in [-0.25, -0.2) is 4.98 Å². The smallest absolute Gasteiger partial charge is 0.295 e. The maximum Gasteiger partial charge on any atom is 0.295 e. The van der Waals surface area contributed by atoms with Crippen LogP contribution in [0.2, 0.25) is 0 Å². The van der Waals surface area contributed by atoms with Crippen LogP contribution in [0.1, 0.15) is 34.7 Å². The van der Waals surface area contributed by atoms with Gasteiger partial charge in [-0.3, -0.25) is 9.59 Å². The number of phenols is 1. The van der Waals surface area contributed by atoms with Crippen molar-refractivity contribution in [3.8, 4) is 11.5 Å². The standard InChI is InChI=1S/C31H29N3O5/c1-21-5-2-6-22(17-21)19-39-26-11-9-23(10-12-26)29(36)27-28(24-7-3-8-25(35)18-24)34(31(38)30(27)37)15-4-14-33-16-13-32-20-33/h2-3,5-13,16-18,20,28,35-36H,4,14-15,19H2,1H3/b29-27-. The van der Waals surface area contributed by atoms with Crippen LogP contribution < -0.4 is 4.74 Å². The number of aliphatic hydroxyl groups is 1. The Morgan fingerprint density at radius 2 is 1.79 bits per heavy atom. The van der Waals surface area contributed by atoms with Crippen molar-refractivity contribution < 1.29 is 24.5 Å². The number of likely N-dealkylation sites (tertiary alicyclic amines) is 1. The highest BCUT2D eigenvalue weighted by Crippen LogP contribution is 2.40. The second-order valence-corrected chi connectivity index (χ2v) is 9.54. The Hall–Kier alpha value is -4.85. The van der Waals surface area contributed by atoms with E-state index in [1.54, 1.807) is 48.9 Å². The van der Waals surface area contributed by atoms with Gasteiger partial charge in [-0.05, 0) is 60.9 Å². The van der Waals surface area contributed by atoms with Crippen LogP contribution in [-0.2, 0) is 22.7 Å². The number of aryl methyl sites for hydroxylation is 2. The molecule has 8 heteroatoms. The Bertz CT molecular complexity index is 1510. The van der Waals surface area contributed by atoms with E-state index in [9.17, 15) is 19.8 Å². The number of aromatic nitrogens is 2. The summed E-state index contributed by atoms with van der Waals surface area (Å²) in [4.78, 5) is 31.9. The van der Waals surface area contributed by atoms with Gasteiger partial charge in [-0.1, -0.05) is 42.0 Å². The van der Waals surface area contributed by atoms with Crippen LogP contribution in [0.3, 0.4) is 0 Å². The molecule has 8 nitrogen and oxygen atoms in total. The van der Waals surface area contributed by atoms with Gasteiger partial charge in [0, 0.05) is 31.0 Å². The van der Waals surface area contributed by atoms with Crippen LogP contribution in [0.5, 0.6) is 11.5 Å². The number of ketones is 1. The van der Waals surface area contributed by atoms with Gasteiger partial charge >= 0.3 is 0 Å². The zero-order valence-electron chi connectivity index (χ0n) is 21.5. The number of phenolic OH excluding ortho intramolecular Hbond substituents is 1. The number of hydrogen-bond donors (Lipinski definition) is 2. The van der Waals surface area contributed by atoms with E-state index < -0.39 is 17.7 Å². The monoisotopic (exact) mass is 523 g/mol. The molecular weight excluding hydrogens is 494 g/mol. The molecule has 0 aliphatic carbocycles. The Labute approximate surface area is 226 Å². The minimum atomic E-state index is -0.836. The molecule has 5 rings (SSSR count). The number of ether oxygens (including phenoxy) is 1. The van der Waals surface area contributed by atoms with Gasteiger partial charge in [0.15, 0.2) is 0 Å². The molecule has 4 aromatic rings. The molecule has 1 fully saturated rings. The summed E-state index contributed by atoms with van der Waals surface area (Å²) in [6.07, 6.45) is 5.77. The predicted octanol–water partition coefficient (Wildman–Crippen LogP) is 4.99. The summed E-state index contributed by atoms with van der Waals surface area (Å²) in [5.74, 6) is -1.11. The number of benzene rings is 3. The fraction of sp³-hybridized carbons (Fsp3) is 0.194. The van der Waals surface area contributed by atoms with Gasteiger partial charge in [0.1, 0.15) is 23.9 Å². The number of aliphatic hydroxyl groups excluding tert-OH is 1. The topological polar surface area (TPSA) is 105 Å². The molecule has 1 unspecified atom stereocenters. The molecule has 2 heterocycles. The fourth-order valence-electron chi connectivity index (χ4n) is 4.83. The van der Waals surface area contributed by atoms with Crippen molar-refractivity contribution in [2.45, 2.75) is 32.5 Å². The zero-order chi connectivity index (χ0) is 27.4. The Morgan fingerprint density at radius 3 is 2.51 bits per heavy atom. The summed E-state index contributed by atoms with van der Waals surface area (Å²) in [7, 11) is 0. The normalized spacial score (nSPS) is 16.5. The van der Waals surface area contributed by atoms with Gasteiger partial charge in [-0.15, -0.1) is 0 Å². The van der Waals surface area contributed by atoms with E-state index in [-0.39, 0.29) is 23.6 Å².